The Balaban J connectivity index is 1.48. The van der Waals surface area contributed by atoms with Gasteiger partial charge in [-0.3, -0.25) is 14.6 Å². The third kappa shape index (κ3) is 5.97. The van der Waals surface area contributed by atoms with Gasteiger partial charge in [0.2, 0.25) is 11.8 Å². The molecule has 0 spiro atoms. The summed E-state index contributed by atoms with van der Waals surface area (Å²) in [5.41, 5.74) is 1.57. The fourth-order valence-electron chi connectivity index (χ4n) is 2.69. The zero-order chi connectivity index (χ0) is 19.8. The van der Waals surface area contributed by atoms with Gasteiger partial charge in [-0.05, 0) is 37.5 Å². The molecule has 1 aromatic heterocycles. The minimum absolute atomic E-state index is 0.103. The fraction of sp³-hybridized carbons (Fsp3) is 0.381. The van der Waals surface area contributed by atoms with Gasteiger partial charge in [0.1, 0.15) is 6.61 Å². The van der Waals surface area contributed by atoms with E-state index in [1.807, 2.05) is 12.1 Å². The first-order chi connectivity index (χ1) is 13.7. The van der Waals surface area contributed by atoms with Gasteiger partial charge in [0.25, 0.3) is 0 Å². The molecular formula is C21H25N3O4. The summed E-state index contributed by atoms with van der Waals surface area (Å²) in [5.74, 6) is 1.32. The molecule has 2 amide bonds. The highest BCUT2D eigenvalue weighted by molar-refractivity contribution is 5.91. The van der Waals surface area contributed by atoms with E-state index in [-0.39, 0.29) is 17.7 Å². The van der Waals surface area contributed by atoms with E-state index in [4.69, 9.17) is 9.47 Å². The molecule has 0 aliphatic heterocycles. The molecule has 0 radical (unpaired) electrons. The maximum atomic E-state index is 12.1. The van der Waals surface area contributed by atoms with Crippen molar-refractivity contribution in [2.75, 3.05) is 19.0 Å². The summed E-state index contributed by atoms with van der Waals surface area (Å²) in [7, 11) is 1.57. The van der Waals surface area contributed by atoms with Crippen LogP contribution in [0.4, 0.5) is 5.69 Å². The van der Waals surface area contributed by atoms with Crippen molar-refractivity contribution in [2.24, 2.45) is 5.92 Å². The molecule has 1 aliphatic carbocycles. The second kappa shape index (κ2) is 9.73. The van der Waals surface area contributed by atoms with Crippen LogP contribution in [0.15, 0.2) is 42.7 Å². The molecule has 0 unspecified atom stereocenters. The molecule has 1 fully saturated rings. The van der Waals surface area contributed by atoms with Crippen molar-refractivity contribution in [1.82, 2.24) is 10.3 Å². The van der Waals surface area contributed by atoms with Gasteiger partial charge in [0.05, 0.1) is 7.11 Å². The first kappa shape index (κ1) is 19.7. The summed E-state index contributed by atoms with van der Waals surface area (Å²) < 4.78 is 11.2. The Kier molecular flexibility index (Phi) is 6.84. The second-order valence-corrected chi connectivity index (χ2v) is 6.73. The highest BCUT2D eigenvalue weighted by atomic mass is 16.5. The zero-order valence-corrected chi connectivity index (χ0v) is 15.9. The molecule has 7 nitrogen and oxygen atoms in total. The van der Waals surface area contributed by atoms with Crippen molar-refractivity contribution in [1.29, 1.82) is 0 Å². The van der Waals surface area contributed by atoms with Crippen molar-refractivity contribution in [3.05, 3.63) is 48.3 Å². The van der Waals surface area contributed by atoms with E-state index < -0.39 is 0 Å². The van der Waals surface area contributed by atoms with Crippen LogP contribution in [0, 0.1) is 5.92 Å². The summed E-state index contributed by atoms with van der Waals surface area (Å²) in [6.07, 6.45) is 6.34. The minimum Gasteiger partial charge on any atom is -0.493 e. The molecule has 1 aliphatic rings. The molecule has 0 bridgehead atoms. The average Bonchev–Trinajstić information content (AvgIpc) is 3.56. The Morgan fingerprint density at radius 1 is 1.21 bits per heavy atom. The number of nitrogens with one attached hydrogen (secondary N) is 2. The van der Waals surface area contributed by atoms with Crippen molar-refractivity contribution >= 4 is 17.5 Å². The first-order valence-corrected chi connectivity index (χ1v) is 9.43. The number of hydrogen-bond donors (Lipinski definition) is 2. The summed E-state index contributed by atoms with van der Waals surface area (Å²) in [6, 6.07) is 9.03. The fourth-order valence-corrected chi connectivity index (χ4v) is 2.69. The maximum absolute atomic E-state index is 12.1. The summed E-state index contributed by atoms with van der Waals surface area (Å²) in [4.78, 5) is 27.8. The minimum atomic E-state index is -0.107. The van der Waals surface area contributed by atoms with Gasteiger partial charge < -0.3 is 20.1 Å². The third-order valence-corrected chi connectivity index (χ3v) is 4.39. The van der Waals surface area contributed by atoms with E-state index in [2.05, 4.69) is 15.6 Å². The molecule has 1 saturated carbocycles. The molecule has 0 atom stereocenters. The van der Waals surface area contributed by atoms with Crippen LogP contribution in [0.1, 0.15) is 31.2 Å². The van der Waals surface area contributed by atoms with Crippen LogP contribution < -0.4 is 20.1 Å². The number of anilines is 1. The smallest absolute Gasteiger partial charge is 0.224 e. The Labute approximate surface area is 164 Å². The lowest BCUT2D eigenvalue weighted by Crippen LogP contribution is -2.26. The van der Waals surface area contributed by atoms with Crippen molar-refractivity contribution in [3.63, 3.8) is 0 Å². The van der Waals surface area contributed by atoms with Gasteiger partial charge in [-0.2, -0.15) is 0 Å². The van der Waals surface area contributed by atoms with Gasteiger partial charge in [-0.1, -0.05) is 6.07 Å². The second-order valence-electron chi connectivity index (χ2n) is 6.73. The maximum Gasteiger partial charge on any atom is 0.224 e. The Hall–Kier alpha value is -3.09. The SMILES string of the molecule is COc1ccc(NC(=O)CCCNC(=O)C2CC2)cc1OCc1cccnc1. The van der Waals surface area contributed by atoms with Gasteiger partial charge in [-0.15, -0.1) is 0 Å². The van der Waals surface area contributed by atoms with E-state index in [1.54, 1.807) is 37.7 Å². The normalized spacial score (nSPS) is 12.9. The topological polar surface area (TPSA) is 89.6 Å². The van der Waals surface area contributed by atoms with Gasteiger partial charge in [0, 0.05) is 48.6 Å². The molecule has 1 heterocycles. The molecule has 3 rings (SSSR count). The first-order valence-electron chi connectivity index (χ1n) is 9.43. The highest BCUT2D eigenvalue weighted by Gasteiger charge is 2.28. The van der Waals surface area contributed by atoms with Gasteiger partial charge in [-0.25, -0.2) is 0 Å². The van der Waals surface area contributed by atoms with Crippen LogP contribution in [0.5, 0.6) is 11.5 Å². The van der Waals surface area contributed by atoms with Crippen LogP contribution in [0.3, 0.4) is 0 Å². The Morgan fingerprint density at radius 2 is 2.07 bits per heavy atom. The molecule has 28 heavy (non-hydrogen) atoms. The quantitative estimate of drug-likeness (QED) is 0.616. The van der Waals surface area contributed by atoms with E-state index in [1.165, 1.54) is 0 Å². The summed E-state index contributed by atoms with van der Waals surface area (Å²) in [5, 5.41) is 5.72. The number of pyridine rings is 1. The Morgan fingerprint density at radius 3 is 2.79 bits per heavy atom. The van der Waals surface area contributed by atoms with Gasteiger partial charge in [0.15, 0.2) is 11.5 Å². The number of ether oxygens (including phenoxy) is 2. The van der Waals surface area contributed by atoms with Crippen molar-refractivity contribution < 1.29 is 19.1 Å². The average molecular weight is 383 g/mol. The number of hydrogen-bond acceptors (Lipinski definition) is 5. The number of carbonyl (C=O) groups is 2. The number of methoxy groups -OCH3 is 1. The predicted octanol–water partition coefficient (Wildman–Crippen LogP) is 2.91. The van der Waals surface area contributed by atoms with Crippen LogP contribution in [-0.2, 0) is 16.2 Å². The molecular weight excluding hydrogens is 358 g/mol. The van der Waals surface area contributed by atoms with Crippen molar-refractivity contribution in [2.45, 2.75) is 32.3 Å². The van der Waals surface area contributed by atoms with Crippen LogP contribution in [-0.4, -0.2) is 30.5 Å². The Bertz CT molecular complexity index is 807. The molecule has 2 N–H and O–H groups in total. The van der Waals surface area contributed by atoms with Crippen molar-refractivity contribution in [3.8, 4) is 11.5 Å². The highest BCUT2D eigenvalue weighted by Crippen LogP contribution is 2.31. The standard InChI is InChI=1S/C21H25N3O4/c1-27-18-9-8-17(12-19(18)28-14-15-4-2-10-22-13-15)24-20(25)5-3-11-23-21(26)16-6-7-16/h2,4,8-10,12-13,16H,3,5-7,11,14H2,1H3,(H,23,26)(H,24,25). The largest absolute Gasteiger partial charge is 0.493 e. The molecule has 148 valence electrons. The number of benzene rings is 1. The van der Waals surface area contributed by atoms with Crippen LogP contribution in [0.25, 0.3) is 0 Å². The molecule has 1 aromatic carbocycles. The summed E-state index contributed by atoms with van der Waals surface area (Å²) in [6.45, 7) is 0.868. The zero-order valence-electron chi connectivity index (χ0n) is 15.9. The van der Waals surface area contributed by atoms with E-state index in [0.717, 1.165) is 18.4 Å². The molecule has 2 aromatic rings. The number of carbonyl (C=O) groups excluding carboxylic acids is 2. The van der Waals surface area contributed by atoms with E-state index >= 15 is 0 Å². The predicted molar refractivity (Wildman–Crippen MR) is 105 cm³/mol. The number of aromatic nitrogens is 1. The van der Waals surface area contributed by atoms with Crippen LogP contribution in [0.2, 0.25) is 0 Å². The third-order valence-electron chi connectivity index (χ3n) is 4.39. The number of nitrogens with zero attached hydrogens (tertiary/aromatic N) is 1. The van der Waals surface area contributed by atoms with E-state index in [0.29, 0.717) is 43.2 Å². The lowest BCUT2D eigenvalue weighted by Gasteiger charge is -2.13. The summed E-state index contributed by atoms with van der Waals surface area (Å²) >= 11 is 0. The van der Waals surface area contributed by atoms with Crippen LogP contribution >= 0.6 is 0 Å². The lowest BCUT2D eigenvalue weighted by atomic mass is 10.2. The molecule has 7 heteroatoms. The lowest BCUT2D eigenvalue weighted by molar-refractivity contribution is -0.122. The molecule has 0 saturated heterocycles. The van der Waals surface area contributed by atoms with Gasteiger partial charge >= 0.3 is 0 Å². The number of amides is 2. The monoisotopic (exact) mass is 383 g/mol. The van der Waals surface area contributed by atoms with E-state index in [9.17, 15) is 9.59 Å². The number of rotatable bonds is 10.